The first-order chi connectivity index (χ1) is 5.43. The van der Waals surface area contributed by atoms with Crippen LogP contribution in [0.1, 0.15) is 13.8 Å². The van der Waals surface area contributed by atoms with Crippen LogP contribution >= 0.6 is 0 Å². The summed E-state index contributed by atoms with van der Waals surface area (Å²) in [5.74, 6) is 0. The van der Waals surface area contributed by atoms with E-state index >= 15 is 0 Å². The summed E-state index contributed by atoms with van der Waals surface area (Å²) in [6.07, 6.45) is 0. The Morgan fingerprint density at radius 1 is 0.750 bits per heavy atom. The summed E-state index contributed by atoms with van der Waals surface area (Å²) in [5.41, 5.74) is 6.58. The third-order valence-electron chi connectivity index (χ3n) is 1.67. The Kier molecular flexibility index (Phi) is 5.41. The molecule has 0 bridgehead atoms. The van der Waals surface area contributed by atoms with Gasteiger partial charge in [-0.3, -0.25) is 20.9 Å². The molecule has 12 heavy (non-hydrogen) atoms. The van der Waals surface area contributed by atoms with E-state index in [9.17, 15) is 0 Å². The standard InChI is InChI=1S/C8H22N4/c1-7(9-11(3)4)8(2)10-12(5)6/h7-10H,1-6H3. The third kappa shape index (κ3) is 5.49. The van der Waals surface area contributed by atoms with Crippen molar-refractivity contribution in [2.75, 3.05) is 28.2 Å². The topological polar surface area (TPSA) is 30.5 Å². The Bertz CT molecular complexity index is 99.6. The van der Waals surface area contributed by atoms with Crippen LogP contribution in [0.15, 0.2) is 0 Å². The lowest BCUT2D eigenvalue weighted by Crippen LogP contribution is -2.52. The summed E-state index contributed by atoms with van der Waals surface area (Å²) < 4.78 is 0. The zero-order valence-corrected chi connectivity index (χ0v) is 9.05. The molecule has 0 aliphatic rings. The maximum absolute atomic E-state index is 3.29. The van der Waals surface area contributed by atoms with Gasteiger partial charge in [0, 0.05) is 40.3 Å². The zero-order valence-electron chi connectivity index (χ0n) is 9.05. The number of rotatable bonds is 5. The van der Waals surface area contributed by atoms with Crippen molar-refractivity contribution in [3.05, 3.63) is 0 Å². The zero-order chi connectivity index (χ0) is 9.72. The van der Waals surface area contributed by atoms with Crippen molar-refractivity contribution >= 4 is 0 Å². The van der Waals surface area contributed by atoms with Gasteiger partial charge in [0.2, 0.25) is 0 Å². The van der Waals surface area contributed by atoms with E-state index in [0.29, 0.717) is 12.1 Å². The molecule has 0 radical (unpaired) electrons. The molecular formula is C8H22N4. The maximum Gasteiger partial charge on any atom is 0.0351 e. The highest BCUT2D eigenvalue weighted by molar-refractivity contribution is 4.70. The molecule has 0 saturated heterocycles. The highest BCUT2D eigenvalue weighted by Crippen LogP contribution is 1.91. The van der Waals surface area contributed by atoms with E-state index in [-0.39, 0.29) is 0 Å². The molecule has 0 heterocycles. The van der Waals surface area contributed by atoms with Gasteiger partial charge in [-0.2, -0.15) is 0 Å². The van der Waals surface area contributed by atoms with Crippen LogP contribution in [0.3, 0.4) is 0 Å². The highest BCUT2D eigenvalue weighted by Gasteiger charge is 2.11. The number of hydrogen-bond donors (Lipinski definition) is 2. The molecule has 2 unspecified atom stereocenters. The van der Waals surface area contributed by atoms with Gasteiger partial charge >= 0.3 is 0 Å². The van der Waals surface area contributed by atoms with Crippen molar-refractivity contribution in [2.24, 2.45) is 0 Å². The quantitative estimate of drug-likeness (QED) is 0.570. The lowest BCUT2D eigenvalue weighted by molar-refractivity contribution is 0.172. The Balaban J connectivity index is 3.68. The van der Waals surface area contributed by atoms with E-state index in [1.807, 2.05) is 38.2 Å². The first-order valence-electron chi connectivity index (χ1n) is 4.30. The Morgan fingerprint density at radius 3 is 1.17 bits per heavy atom. The molecule has 0 saturated carbocycles. The van der Waals surface area contributed by atoms with Gasteiger partial charge < -0.3 is 0 Å². The smallest absolute Gasteiger partial charge is 0.0351 e. The van der Waals surface area contributed by atoms with E-state index in [0.717, 1.165) is 0 Å². The molecule has 0 amide bonds. The molecule has 4 heteroatoms. The van der Waals surface area contributed by atoms with Crippen molar-refractivity contribution in [3.8, 4) is 0 Å². The van der Waals surface area contributed by atoms with Crippen molar-refractivity contribution < 1.29 is 0 Å². The molecule has 0 aliphatic carbocycles. The molecule has 0 spiro atoms. The van der Waals surface area contributed by atoms with Gasteiger partial charge in [0.1, 0.15) is 0 Å². The molecule has 0 aliphatic heterocycles. The Labute approximate surface area is 75.9 Å². The second-order valence-electron chi connectivity index (χ2n) is 3.62. The van der Waals surface area contributed by atoms with Crippen LogP contribution in [0.2, 0.25) is 0 Å². The third-order valence-corrected chi connectivity index (χ3v) is 1.67. The van der Waals surface area contributed by atoms with Crippen molar-refractivity contribution in [1.82, 2.24) is 20.9 Å². The van der Waals surface area contributed by atoms with Crippen molar-refractivity contribution in [3.63, 3.8) is 0 Å². The molecular weight excluding hydrogens is 152 g/mol. The minimum absolute atomic E-state index is 0.419. The number of nitrogens with one attached hydrogen (secondary N) is 2. The van der Waals surface area contributed by atoms with Crippen LogP contribution in [0, 0.1) is 0 Å². The van der Waals surface area contributed by atoms with Crippen LogP contribution in [0.4, 0.5) is 0 Å². The fourth-order valence-electron chi connectivity index (χ4n) is 1.04. The van der Waals surface area contributed by atoms with Gasteiger partial charge in [-0.25, -0.2) is 0 Å². The number of nitrogens with zero attached hydrogens (tertiary/aromatic N) is 2. The van der Waals surface area contributed by atoms with Crippen LogP contribution in [-0.4, -0.2) is 50.3 Å². The van der Waals surface area contributed by atoms with Crippen LogP contribution in [-0.2, 0) is 0 Å². The lowest BCUT2D eigenvalue weighted by atomic mass is 10.2. The maximum atomic E-state index is 3.29. The average molecular weight is 174 g/mol. The molecule has 0 aromatic rings. The second-order valence-corrected chi connectivity index (χ2v) is 3.62. The largest absolute Gasteiger partial charge is 0.251 e. The summed E-state index contributed by atoms with van der Waals surface area (Å²) in [6, 6.07) is 0.838. The molecule has 0 aromatic heterocycles. The minimum Gasteiger partial charge on any atom is -0.251 e. The summed E-state index contributed by atoms with van der Waals surface area (Å²) >= 11 is 0. The van der Waals surface area contributed by atoms with Gasteiger partial charge in [0.15, 0.2) is 0 Å². The van der Waals surface area contributed by atoms with Crippen molar-refractivity contribution in [2.45, 2.75) is 25.9 Å². The van der Waals surface area contributed by atoms with E-state index in [1.165, 1.54) is 0 Å². The van der Waals surface area contributed by atoms with E-state index in [2.05, 4.69) is 24.7 Å². The average Bonchev–Trinajstić information content (AvgIpc) is 1.84. The van der Waals surface area contributed by atoms with Crippen LogP contribution in [0.5, 0.6) is 0 Å². The molecule has 2 atom stereocenters. The van der Waals surface area contributed by atoms with Gasteiger partial charge in [-0.15, -0.1) is 0 Å². The van der Waals surface area contributed by atoms with Crippen molar-refractivity contribution in [1.29, 1.82) is 0 Å². The lowest BCUT2D eigenvalue weighted by Gasteiger charge is -2.28. The SMILES string of the molecule is CC(NN(C)C)C(C)NN(C)C. The summed E-state index contributed by atoms with van der Waals surface area (Å²) in [7, 11) is 8.00. The van der Waals surface area contributed by atoms with Gasteiger partial charge in [-0.1, -0.05) is 0 Å². The number of hydrazine groups is 2. The fourth-order valence-corrected chi connectivity index (χ4v) is 1.04. The second kappa shape index (κ2) is 5.48. The van der Waals surface area contributed by atoms with Gasteiger partial charge in [0.25, 0.3) is 0 Å². The normalized spacial score (nSPS) is 17.0. The van der Waals surface area contributed by atoms with Crippen LogP contribution in [0.25, 0.3) is 0 Å². The monoisotopic (exact) mass is 174 g/mol. The first kappa shape index (κ1) is 11.8. The predicted molar refractivity (Wildman–Crippen MR) is 52.6 cm³/mol. The van der Waals surface area contributed by atoms with E-state index in [1.54, 1.807) is 0 Å². The fraction of sp³-hybridized carbons (Fsp3) is 1.00. The predicted octanol–water partition coefficient (Wildman–Crippen LogP) is -0.104. The molecule has 2 N–H and O–H groups in total. The van der Waals surface area contributed by atoms with Gasteiger partial charge in [0.05, 0.1) is 0 Å². The summed E-state index contributed by atoms with van der Waals surface area (Å²) in [5, 5.41) is 3.94. The molecule has 0 fully saturated rings. The summed E-state index contributed by atoms with van der Waals surface area (Å²) in [4.78, 5) is 0. The molecule has 4 nitrogen and oxygen atoms in total. The molecule has 0 rings (SSSR count). The molecule has 74 valence electrons. The number of hydrogen-bond acceptors (Lipinski definition) is 4. The Morgan fingerprint density at radius 2 is 1.00 bits per heavy atom. The summed E-state index contributed by atoms with van der Waals surface area (Å²) in [6.45, 7) is 4.31. The van der Waals surface area contributed by atoms with E-state index < -0.39 is 0 Å². The first-order valence-corrected chi connectivity index (χ1v) is 4.30. The highest BCUT2D eigenvalue weighted by atomic mass is 15.5. The molecule has 0 aromatic carbocycles. The van der Waals surface area contributed by atoms with E-state index in [4.69, 9.17) is 0 Å². The van der Waals surface area contributed by atoms with Crippen LogP contribution < -0.4 is 10.9 Å². The van der Waals surface area contributed by atoms with Gasteiger partial charge in [-0.05, 0) is 13.8 Å². The Hall–Kier alpha value is -0.160. The minimum atomic E-state index is 0.419.